The smallest absolute Gasteiger partial charge is 0.326 e. The van der Waals surface area contributed by atoms with Crippen molar-refractivity contribution in [2.24, 2.45) is 29.2 Å². The van der Waals surface area contributed by atoms with Crippen LogP contribution in [-0.2, 0) is 107 Å². The molecule has 16 amide bonds. The highest BCUT2D eigenvalue weighted by molar-refractivity contribution is 6.02. The van der Waals surface area contributed by atoms with Crippen molar-refractivity contribution >= 4 is 124 Å². The largest absolute Gasteiger partial charge is 0.481 e. The van der Waals surface area contributed by atoms with E-state index in [1.807, 2.05) is 10.6 Å². The monoisotopic (exact) mass is 1750 g/mol. The molecule has 2 aliphatic rings. The van der Waals surface area contributed by atoms with Crippen LogP contribution in [0.4, 0.5) is 0 Å². The summed E-state index contributed by atoms with van der Waals surface area (Å²) in [6.45, 7) is 8.14. The highest BCUT2D eigenvalue weighted by atomic mass is 16.4. The van der Waals surface area contributed by atoms with Gasteiger partial charge in [-0.15, -0.1) is 0 Å². The second-order valence-corrected chi connectivity index (χ2v) is 30.4. The van der Waals surface area contributed by atoms with Gasteiger partial charge >= 0.3 is 29.8 Å². The van der Waals surface area contributed by atoms with Gasteiger partial charge in [-0.1, -0.05) is 84.7 Å². The minimum Gasteiger partial charge on any atom is -0.481 e. The number of nitrogens with one attached hydrogen (secondary N) is 14. The maximum Gasteiger partial charge on any atom is 0.326 e. The number of hydrogen-bond donors (Lipinski definition) is 24. The number of hydrogen-bond acceptors (Lipinski definition) is 26. The number of carboxylic acids is 5. The molecule has 0 bridgehead atoms. The van der Waals surface area contributed by atoms with Crippen LogP contribution >= 0.6 is 0 Å². The van der Waals surface area contributed by atoms with Crippen molar-refractivity contribution in [1.29, 1.82) is 0 Å². The van der Waals surface area contributed by atoms with Crippen molar-refractivity contribution in [2.75, 3.05) is 46.0 Å². The molecule has 47 nitrogen and oxygen atoms in total. The molecule has 1 aromatic rings. The van der Waals surface area contributed by atoms with Gasteiger partial charge in [0.25, 0.3) is 0 Å². The van der Waals surface area contributed by atoms with E-state index in [-0.39, 0.29) is 58.0 Å². The number of benzene rings is 1. The van der Waals surface area contributed by atoms with Crippen LogP contribution in [0.15, 0.2) is 30.3 Å². The lowest BCUT2D eigenvalue weighted by atomic mass is 9.97. The molecule has 18 atom stereocenters. The molecule has 26 N–H and O–H groups in total. The summed E-state index contributed by atoms with van der Waals surface area (Å²) in [6.07, 6.45) is -2.99. The van der Waals surface area contributed by atoms with Crippen LogP contribution in [0.5, 0.6) is 0 Å². The average Bonchev–Trinajstić information content (AvgIpc) is 1.71. The fourth-order valence-corrected chi connectivity index (χ4v) is 12.9. The number of unbranched alkanes of at least 4 members (excludes halogenated alkanes) is 1. The van der Waals surface area contributed by atoms with Gasteiger partial charge in [-0.25, -0.2) is 4.79 Å². The zero-order valence-electron chi connectivity index (χ0n) is 69.6. The zero-order chi connectivity index (χ0) is 92.8. The third-order valence-electron chi connectivity index (χ3n) is 20.2. The highest BCUT2D eigenvalue weighted by Crippen LogP contribution is 2.23. The Kier molecular flexibility index (Phi) is 44.6. The fraction of sp³-hybridized carbons (Fsp3) is 0.645. The van der Waals surface area contributed by atoms with Gasteiger partial charge in [0.05, 0.1) is 52.0 Å². The number of aliphatic hydroxyl groups is 3. The number of carbonyl (C=O) groups is 21. The van der Waals surface area contributed by atoms with Gasteiger partial charge in [-0.05, 0) is 95.1 Å². The number of carbonyl (C=O) groups excluding carboxylic acids is 16. The van der Waals surface area contributed by atoms with Crippen molar-refractivity contribution in [3.05, 3.63) is 35.9 Å². The first-order valence-corrected chi connectivity index (χ1v) is 40.1. The summed E-state index contributed by atoms with van der Waals surface area (Å²) < 4.78 is 0. The number of nitrogens with zero attached hydrogens (tertiary/aromatic N) is 2. The Bertz CT molecular complexity index is 3910. The van der Waals surface area contributed by atoms with Crippen LogP contribution in [0, 0.1) is 17.8 Å². The number of aliphatic hydroxyl groups excluding tert-OH is 3. The molecule has 0 aliphatic carbocycles. The molecular formula is C76H118N18O29. The van der Waals surface area contributed by atoms with E-state index in [9.17, 15) is 142 Å². The van der Waals surface area contributed by atoms with Gasteiger partial charge in [0.1, 0.15) is 96.7 Å². The van der Waals surface area contributed by atoms with E-state index in [1.165, 1.54) is 11.8 Å². The van der Waals surface area contributed by atoms with Gasteiger partial charge in [-0.2, -0.15) is 0 Å². The number of amides is 16. The van der Waals surface area contributed by atoms with Crippen LogP contribution in [0.2, 0.25) is 0 Å². The summed E-state index contributed by atoms with van der Waals surface area (Å²) in [5.41, 5.74) is 11.8. The van der Waals surface area contributed by atoms with Crippen LogP contribution in [0.1, 0.15) is 151 Å². The first-order chi connectivity index (χ1) is 57.9. The topological polar surface area (TPSA) is 747 Å². The Hall–Kier alpha value is -12.1. The summed E-state index contributed by atoms with van der Waals surface area (Å²) in [5, 5.41) is 110. The normalized spacial score (nSPS) is 17.5. The SMILES string of the molecule is CC[C@H](C)[C@H](NC(=O)[C@H](C)NC(=O)[C@H](CC(=O)O)NC(=O)[C@H](CC(=O)O)NC(=O)[C@@H]1CCCN1C(=O)CNC(=O)[C@@H](NC(=O)[C@@H]1CCCN1C(=O)[C@H](CCCCN)NC(=O)[C@@H](N)CO)[C@@H](C)CC)C(=O)N[C@@H](CC(=O)O)C(=O)N[C@@H](C)C(=O)N[C@@H](CC(C)C)C(=O)N[C@@H](CO)C(=O)N[C@@H](CO)C(=O)N[C@@H](CC(=O)O)C(=O)N[C@@H](Cc1ccccc1)C(=O)O. The Morgan fingerprint density at radius 3 is 1.24 bits per heavy atom. The average molecular weight is 1750 g/mol. The van der Waals surface area contributed by atoms with E-state index in [0.717, 1.165) is 18.7 Å². The number of nitrogens with two attached hydrogens (primary N) is 2. The molecule has 123 heavy (non-hydrogen) atoms. The molecular weight excluding hydrogens is 1630 g/mol. The van der Waals surface area contributed by atoms with Crippen LogP contribution in [0.3, 0.4) is 0 Å². The molecule has 0 spiro atoms. The number of carboxylic acid groups (broad SMARTS) is 5. The summed E-state index contributed by atoms with van der Waals surface area (Å²) in [7, 11) is 0. The van der Waals surface area contributed by atoms with E-state index in [4.69, 9.17) is 11.5 Å². The van der Waals surface area contributed by atoms with Crippen LogP contribution in [0.25, 0.3) is 0 Å². The number of rotatable bonds is 54. The van der Waals surface area contributed by atoms with Gasteiger partial charge in [0.15, 0.2) is 0 Å². The Balaban J connectivity index is 1.71. The molecule has 3 rings (SSSR count). The summed E-state index contributed by atoms with van der Waals surface area (Å²) in [5.74, 6) is -27.8. The first kappa shape index (κ1) is 105. The predicted molar refractivity (Wildman–Crippen MR) is 426 cm³/mol. The second kappa shape index (κ2) is 52.3. The third-order valence-corrected chi connectivity index (χ3v) is 20.2. The predicted octanol–water partition coefficient (Wildman–Crippen LogP) is -8.78. The minimum atomic E-state index is -2.13. The standard InChI is InChI=1S/C76H118N18O29/c1-9-37(5)59(92-72(118)53-22-17-25-94(53)75(121)43(20-14-15-23-77)82-63(109)42(78)33-95)73(119)79-32-54(98)93-24-16-21-52(93)71(117)86-48(31-58(105)106)67(113)84-45(28-55(99)100)64(110)81-40(8)62(108)91-60(38(6)10-2)74(120)87-46(29-56(101)102)65(111)80-39(7)61(107)83-44(26-36(3)4)66(112)89-51(35-97)70(116)90-50(34-96)69(115)85-47(30-57(103)104)68(114)88-49(76(122)123)27-41-18-12-11-13-19-41/h11-13,18-19,36-40,42-53,59-60,95-97H,9-10,14-17,20-35,77-78H2,1-8H3,(H,79,119)(H,80,111)(H,81,110)(H,82,109)(H,83,107)(H,84,113)(H,85,115)(H,86,117)(H,87,120)(H,88,114)(H,89,112)(H,90,116)(H,91,108)(H,92,118)(H,99,100)(H,101,102)(H,103,104)(H,105,106)(H,122,123)/t37-,38-,39-,40-,42-,43-,44-,45-,46-,47-,48-,49-,50-,51-,52-,53-,59-,60-/m0/s1. The summed E-state index contributed by atoms with van der Waals surface area (Å²) >= 11 is 0. The number of likely N-dealkylation sites (tertiary alicyclic amines) is 2. The van der Waals surface area contributed by atoms with Crippen molar-refractivity contribution in [1.82, 2.24) is 84.2 Å². The van der Waals surface area contributed by atoms with Crippen molar-refractivity contribution < 1.29 is 142 Å². The van der Waals surface area contributed by atoms with Crippen molar-refractivity contribution in [3.8, 4) is 0 Å². The highest BCUT2D eigenvalue weighted by Gasteiger charge is 2.44. The first-order valence-electron chi connectivity index (χ1n) is 40.1. The molecule has 0 radical (unpaired) electrons. The minimum absolute atomic E-state index is 0.0580. The molecule has 0 unspecified atom stereocenters. The molecule has 2 heterocycles. The maximum atomic E-state index is 14.1. The summed E-state index contributed by atoms with van der Waals surface area (Å²) in [4.78, 5) is 282. The van der Waals surface area contributed by atoms with E-state index >= 15 is 0 Å². The van der Waals surface area contributed by atoms with Crippen LogP contribution < -0.4 is 85.9 Å². The van der Waals surface area contributed by atoms with Crippen molar-refractivity contribution in [3.63, 3.8) is 0 Å². The van der Waals surface area contributed by atoms with Crippen LogP contribution in [-0.4, -0.2) is 318 Å². The lowest BCUT2D eigenvalue weighted by Crippen LogP contribution is -2.61. The molecule has 47 heteroatoms. The van der Waals surface area contributed by atoms with E-state index in [1.54, 1.807) is 65.0 Å². The van der Waals surface area contributed by atoms with Crippen molar-refractivity contribution in [2.45, 2.75) is 248 Å². The molecule has 0 aromatic heterocycles. The molecule has 0 saturated carbocycles. The lowest BCUT2D eigenvalue weighted by molar-refractivity contribution is -0.144. The maximum absolute atomic E-state index is 14.1. The van der Waals surface area contributed by atoms with Gasteiger partial charge < -0.3 is 137 Å². The molecule has 686 valence electrons. The Morgan fingerprint density at radius 1 is 0.415 bits per heavy atom. The molecule has 2 fully saturated rings. The fourth-order valence-electron chi connectivity index (χ4n) is 12.9. The lowest BCUT2D eigenvalue weighted by Gasteiger charge is -2.31. The molecule has 1 aromatic carbocycles. The number of aliphatic carboxylic acids is 5. The van der Waals surface area contributed by atoms with E-state index in [0.29, 0.717) is 37.8 Å². The van der Waals surface area contributed by atoms with E-state index in [2.05, 4.69) is 63.8 Å². The second-order valence-electron chi connectivity index (χ2n) is 30.4. The van der Waals surface area contributed by atoms with Gasteiger partial charge in [-0.3, -0.25) is 95.9 Å². The molecule has 2 saturated heterocycles. The van der Waals surface area contributed by atoms with E-state index < -0.39 is 291 Å². The Morgan fingerprint density at radius 2 is 0.797 bits per heavy atom. The summed E-state index contributed by atoms with van der Waals surface area (Å²) in [6, 6.07) is -18.7. The van der Waals surface area contributed by atoms with Gasteiger partial charge in [0.2, 0.25) is 94.5 Å². The third kappa shape index (κ3) is 34.7. The quantitative estimate of drug-likeness (QED) is 0.0269. The van der Waals surface area contributed by atoms with Gasteiger partial charge in [0, 0.05) is 19.5 Å². The molecule has 2 aliphatic heterocycles. The zero-order valence-corrected chi connectivity index (χ0v) is 69.6. The Labute approximate surface area is 707 Å².